The smallest absolute Gasteiger partial charge is 0.0595 e. The van der Waals surface area contributed by atoms with Gasteiger partial charge in [0.05, 0.1) is 12.2 Å². The minimum atomic E-state index is -0.312. The molecule has 0 spiro atoms. The van der Waals surface area contributed by atoms with Crippen LogP contribution in [-0.4, -0.2) is 22.4 Å². The SMILES string of the molecule is CC1(C)CC[C@H]2CC[C@]3(C)C(=CC[C@H]4[C@]5(C)CC[C@H](O)C(C)(C)[C@H]5[C@H](O)C[C@]43C)[C@H]2C1. The van der Waals surface area contributed by atoms with E-state index in [1.54, 1.807) is 5.57 Å². The van der Waals surface area contributed by atoms with Crippen LogP contribution in [-0.2, 0) is 0 Å². The number of allylic oxidation sites excluding steroid dienone is 2. The van der Waals surface area contributed by atoms with E-state index in [-0.39, 0.29) is 39.8 Å². The normalized spacial score (nSPS) is 55.2. The molecule has 0 aromatic rings. The first kappa shape index (κ1) is 22.5. The van der Waals surface area contributed by atoms with E-state index in [9.17, 15) is 10.2 Å². The molecule has 0 amide bonds. The first-order chi connectivity index (χ1) is 14.3. The van der Waals surface area contributed by atoms with Crippen molar-refractivity contribution in [3.05, 3.63) is 11.6 Å². The summed E-state index contributed by atoms with van der Waals surface area (Å²) in [5, 5.41) is 22.6. The zero-order valence-electron chi connectivity index (χ0n) is 21.3. The quantitative estimate of drug-likeness (QED) is 0.419. The van der Waals surface area contributed by atoms with Crippen molar-refractivity contribution in [1.82, 2.24) is 0 Å². The van der Waals surface area contributed by atoms with Gasteiger partial charge < -0.3 is 10.2 Å². The Labute approximate surface area is 191 Å². The van der Waals surface area contributed by atoms with Gasteiger partial charge in [0.2, 0.25) is 0 Å². The Hall–Kier alpha value is -0.340. The van der Waals surface area contributed by atoms with Gasteiger partial charge in [0.1, 0.15) is 0 Å². The summed E-state index contributed by atoms with van der Waals surface area (Å²) in [4.78, 5) is 0. The Morgan fingerprint density at radius 1 is 0.839 bits per heavy atom. The topological polar surface area (TPSA) is 40.5 Å². The Kier molecular flexibility index (Phi) is 4.80. The second-order valence-electron chi connectivity index (χ2n) is 14.6. The summed E-state index contributed by atoms with van der Waals surface area (Å²) in [6.07, 6.45) is 12.9. The molecule has 4 saturated carbocycles. The molecule has 5 aliphatic carbocycles. The van der Waals surface area contributed by atoms with Gasteiger partial charge >= 0.3 is 0 Å². The molecule has 2 nitrogen and oxygen atoms in total. The number of aliphatic hydroxyl groups is 2. The summed E-state index contributed by atoms with van der Waals surface area (Å²) in [5.41, 5.74) is 2.48. The molecular weight excluding hydrogens is 380 g/mol. The maximum absolute atomic E-state index is 11.7. The molecule has 0 saturated heterocycles. The standard InChI is InChI=1S/C29H48O2/c1-25(2)13-10-18-11-15-28(6)20(19(18)16-25)8-9-22-27(5)14-12-23(31)26(3,4)24(27)21(30)17-29(22,28)7/h8,18-19,21-24,30-31H,9-17H2,1-7H3/t18-,19-,21+,22-,23-,24+,27-,28+,29+/m0/s1. The lowest BCUT2D eigenvalue weighted by Crippen LogP contribution is -2.67. The van der Waals surface area contributed by atoms with Crippen LogP contribution < -0.4 is 0 Å². The predicted octanol–water partition coefficient (Wildman–Crippen LogP) is 6.75. The molecule has 2 N–H and O–H groups in total. The van der Waals surface area contributed by atoms with Crippen molar-refractivity contribution in [3.63, 3.8) is 0 Å². The fraction of sp³-hybridized carbons (Fsp3) is 0.931. The van der Waals surface area contributed by atoms with E-state index in [0.29, 0.717) is 11.3 Å². The molecule has 4 fully saturated rings. The number of hydrogen-bond acceptors (Lipinski definition) is 2. The lowest BCUT2D eigenvalue weighted by Gasteiger charge is -2.71. The fourth-order valence-corrected chi connectivity index (χ4v) is 10.5. The van der Waals surface area contributed by atoms with Crippen molar-refractivity contribution in [2.45, 2.75) is 118 Å². The molecule has 5 aliphatic rings. The Balaban J connectivity index is 1.58. The molecule has 0 unspecified atom stereocenters. The molecule has 0 heterocycles. The van der Waals surface area contributed by atoms with Gasteiger partial charge in [0.15, 0.2) is 0 Å². The minimum Gasteiger partial charge on any atom is -0.393 e. The third kappa shape index (κ3) is 2.82. The zero-order chi connectivity index (χ0) is 22.6. The molecule has 176 valence electrons. The van der Waals surface area contributed by atoms with Crippen LogP contribution in [0.25, 0.3) is 0 Å². The summed E-state index contributed by atoms with van der Waals surface area (Å²) in [6, 6.07) is 0. The van der Waals surface area contributed by atoms with Crippen LogP contribution in [0.4, 0.5) is 0 Å². The van der Waals surface area contributed by atoms with Gasteiger partial charge in [0.25, 0.3) is 0 Å². The fourth-order valence-electron chi connectivity index (χ4n) is 10.5. The summed E-state index contributed by atoms with van der Waals surface area (Å²) >= 11 is 0. The van der Waals surface area contributed by atoms with Gasteiger partial charge in [-0.1, -0.05) is 60.1 Å². The van der Waals surface area contributed by atoms with Gasteiger partial charge in [0, 0.05) is 0 Å². The molecular formula is C29H48O2. The van der Waals surface area contributed by atoms with Gasteiger partial charge in [-0.2, -0.15) is 0 Å². The molecule has 0 aliphatic heterocycles. The van der Waals surface area contributed by atoms with Gasteiger partial charge in [-0.3, -0.25) is 0 Å². The van der Waals surface area contributed by atoms with Crippen molar-refractivity contribution in [2.24, 2.45) is 50.7 Å². The third-order valence-corrected chi connectivity index (χ3v) is 12.3. The summed E-state index contributed by atoms with van der Waals surface area (Å²) in [6.45, 7) is 17.0. The van der Waals surface area contributed by atoms with Crippen LogP contribution in [0.2, 0.25) is 0 Å². The highest BCUT2D eigenvalue weighted by atomic mass is 16.3. The number of fused-ring (bicyclic) bond motifs is 7. The number of hydrogen-bond donors (Lipinski definition) is 2. The van der Waals surface area contributed by atoms with Crippen LogP contribution >= 0.6 is 0 Å². The molecule has 0 radical (unpaired) electrons. The van der Waals surface area contributed by atoms with Gasteiger partial charge in [-0.15, -0.1) is 0 Å². The molecule has 0 aromatic carbocycles. The van der Waals surface area contributed by atoms with Crippen LogP contribution in [0.1, 0.15) is 106 Å². The van der Waals surface area contributed by atoms with E-state index in [0.717, 1.165) is 31.1 Å². The first-order valence-corrected chi connectivity index (χ1v) is 13.3. The highest BCUT2D eigenvalue weighted by Gasteiger charge is 2.69. The van der Waals surface area contributed by atoms with Crippen molar-refractivity contribution < 1.29 is 10.2 Å². The van der Waals surface area contributed by atoms with Crippen molar-refractivity contribution >= 4 is 0 Å². The van der Waals surface area contributed by atoms with E-state index in [1.807, 2.05) is 0 Å². The van der Waals surface area contributed by atoms with Crippen molar-refractivity contribution in [2.75, 3.05) is 0 Å². The van der Waals surface area contributed by atoms with E-state index >= 15 is 0 Å². The average Bonchev–Trinajstić information content (AvgIpc) is 2.64. The molecule has 2 heteroatoms. The number of rotatable bonds is 0. The monoisotopic (exact) mass is 428 g/mol. The molecule has 31 heavy (non-hydrogen) atoms. The summed E-state index contributed by atoms with van der Waals surface area (Å²) in [5.74, 6) is 2.42. The maximum Gasteiger partial charge on any atom is 0.0595 e. The largest absolute Gasteiger partial charge is 0.393 e. The van der Waals surface area contributed by atoms with Crippen molar-refractivity contribution in [1.29, 1.82) is 0 Å². The molecule has 0 bridgehead atoms. The summed E-state index contributed by atoms with van der Waals surface area (Å²) in [7, 11) is 0. The molecule has 0 aromatic heterocycles. The highest BCUT2D eigenvalue weighted by molar-refractivity contribution is 5.32. The highest BCUT2D eigenvalue weighted by Crippen LogP contribution is 2.74. The minimum absolute atomic E-state index is 0.100. The Morgan fingerprint density at radius 2 is 1.52 bits per heavy atom. The Morgan fingerprint density at radius 3 is 2.23 bits per heavy atom. The number of aliphatic hydroxyl groups excluding tert-OH is 2. The van der Waals surface area contributed by atoms with E-state index in [2.05, 4.69) is 54.5 Å². The summed E-state index contributed by atoms with van der Waals surface area (Å²) < 4.78 is 0. The predicted molar refractivity (Wildman–Crippen MR) is 127 cm³/mol. The van der Waals surface area contributed by atoms with Gasteiger partial charge in [-0.05, 0) is 109 Å². The average molecular weight is 429 g/mol. The second-order valence-corrected chi connectivity index (χ2v) is 14.6. The lowest BCUT2D eigenvalue weighted by atomic mass is 9.34. The zero-order valence-corrected chi connectivity index (χ0v) is 21.3. The maximum atomic E-state index is 11.7. The molecule has 9 atom stereocenters. The van der Waals surface area contributed by atoms with E-state index in [1.165, 1.54) is 38.5 Å². The molecule has 5 rings (SSSR count). The van der Waals surface area contributed by atoms with Crippen LogP contribution in [0.3, 0.4) is 0 Å². The van der Waals surface area contributed by atoms with Crippen LogP contribution in [0.15, 0.2) is 11.6 Å². The van der Waals surface area contributed by atoms with E-state index in [4.69, 9.17) is 0 Å². The Bertz CT molecular complexity index is 780. The van der Waals surface area contributed by atoms with Gasteiger partial charge in [-0.25, -0.2) is 0 Å². The lowest BCUT2D eigenvalue weighted by molar-refractivity contribution is -0.239. The third-order valence-electron chi connectivity index (χ3n) is 12.3. The van der Waals surface area contributed by atoms with Crippen molar-refractivity contribution in [3.8, 4) is 0 Å². The van der Waals surface area contributed by atoms with E-state index < -0.39 is 0 Å². The van der Waals surface area contributed by atoms with Crippen LogP contribution in [0.5, 0.6) is 0 Å². The second kappa shape index (κ2) is 6.62. The first-order valence-electron chi connectivity index (χ1n) is 13.3. The van der Waals surface area contributed by atoms with Crippen LogP contribution in [0, 0.1) is 50.7 Å².